The molecule has 0 aliphatic carbocycles. The van der Waals surface area contributed by atoms with Gasteiger partial charge in [-0.2, -0.15) is 5.10 Å². The Hall–Kier alpha value is -2.25. The van der Waals surface area contributed by atoms with Gasteiger partial charge in [-0.1, -0.05) is 13.8 Å². The summed E-state index contributed by atoms with van der Waals surface area (Å²) in [6.45, 7) is 7.43. The van der Waals surface area contributed by atoms with Crippen LogP contribution < -0.4 is 0 Å². The lowest BCUT2D eigenvalue weighted by atomic mass is 9.92. The Balaban J connectivity index is 2.70. The highest BCUT2D eigenvalue weighted by Gasteiger charge is 2.41. The Bertz CT molecular complexity index is 668. The molecule has 21 heavy (non-hydrogen) atoms. The quantitative estimate of drug-likeness (QED) is 0.891. The lowest BCUT2D eigenvalue weighted by Crippen LogP contribution is -2.42. The van der Waals surface area contributed by atoms with E-state index >= 15 is 0 Å². The van der Waals surface area contributed by atoms with Crippen LogP contribution in [0, 0.1) is 13.8 Å². The first-order chi connectivity index (χ1) is 9.89. The van der Waals surface area contributed by atoms with Crippen LogP contribution in [0.2, 0.25) is 0 Å². The van der Waals surface area contributed by atoms with Crippen molar-refractivity contribution in [2.45, 2.75) is 46.1 Å². The van der Waals surface area contributed by atoms with E-state index in [0.29, 0.717) is 18.7 Å². The first-order valence-corrected chi connectivity index (χ1v) is 6.91. The third-order valence-corrected chi connectivity index (χ3v) is 4.18. The maximum atomic E-state index is 11.8. The fraction of sp³-hybridized carbons (Fsp3) is 0.615. The zero-order valence-electron chi connectivity index (χ0n) is 13.0. The highest BCUT2D eigenvalue weighted by molar-refractivity contribution is 5.77. The van der Waals surface area contributed by atoms with Crippen molar-refractivity contribution in [2.75, 3.05) is 0 Å². The molecule has 0 saturated carbocycles. The molecular weight excluding hydrogens is 272 g/mol. The molecule has 0 bridgehead atoms. The smallest absolute Gasteiger partial charge is 0.331 e. The highest BCUT2D eigenvalue weighted by Crippen LogP contribution is 2.32. The van der Waals surface area contributed by atoms with E-state index in [0.717, 1.165) is 17.0 Å². The van der Waals surface area contributed by atoms with Crippen molar-refractivity contribution in [2.24, 2.45) is 7.05 Å². The van der Waals surface area contributed by atoms with Crippen LogP contribution in [0.25, 0.3) is 11.4 Å². The molecule has 0 unspecified atom stereocenters. The standard InChI is InChI=1S/C13H20N6O2/c1-6-13(7-2,12(20)21)19-11(14-16-17-19)10-8(3)15-18(5)9(10)4/h6-7H2,1-5H3,(H,20,21). The van der Waals surface area contributed by atoms with E-state index in [1.165, 1.54) is 4.68 Å². The third kappa shape index (κ3) is 2.10. The SMILES string of the molecule is CCC(CC)(C(=O)O)n1nnnc1-c1c(C)nn(C)c1C. The van der Waals surface area contributed by atoms with Gasteiger partial charge in [-0.3, -0.25) is 4.68 Å². The lowest BCUT2D eigenvalue weighted by molar-refractivity contribution is -0.148. The molecule has 8 heteroatoms. The zero-order valence-corrected chi connectivity index (χ0v) is 13.0. The molecule has 0 spiro atoms. The van der Waals surface area contributed by atoms with Crippen molar-refractivity contribution in [1.29, 1.82) is 0 Å². The first kappa shape index (κ1) is 15.1. The summed E-state index contributed by atoms with van der Waals surface area (Å²) >= 11 is 0. The predicted molar refractivity (Wildman–Crippen MR) is 75.7 cm³/mol. The maximum absolute atomic E-state index is 11.8. The largest absolute Gasteiger partial charge is 0.479 e. The Morgan fingerprint density at radius 2 is 1.90 bits per heavy atom. The number of carboxylic acids is 1. The number of carboxylic acid groups (broad SMARTS) is 1. The molecule has 2 aromatic rings. The third-order valence-electron chi connectivity index (χ3n) is 4.18. The number of aliphatic carboxylic acids is 1. The summed E-state index contributed by atoms with van der Waals surface area (Å²) in [4.78, 5) is 11.8. The fourth-order valence-corrected chi connectivity index (χ4v) is 2.67. The molecule has 0 saturated heterocycles. The summed E-state index contributed by atoms with van der Waals surface area (Å²) in [5.41, 5.74) is 1.32. The number of carbonyl (C=O) groups is 1. The molecule has 1 N–H and O–H groups in total. The van der Waals surface area contributed by atoms with Gasteiger partial charge < -0.3 is 5.11 Å². The Labute approximate surface area is 122 Å². The Morgan fingerprint density at radius 3 is 2.33 bits per heavy atom. The van der Waals surface area contributed by atoms with E-state index < -0.39 is 11.5 Å². The summed E-state index contributed by atoms with van der Waals surface area (Å²) in [6, 6.07) is 0. The minimum absolute atomic E-state index is 0.398. The van der Waals surface area contributed by atoms with Gasteiger partial charge in [0.1, 0.15) is 0 Å². The predicted octanol–water partition coefficient (Wildman–Crippen LogP) is 1.29. The molecule has 8 nitrogen and oxygen atoms in total. The second-order valence-corrected chi connectivity index (χ2v) is 5.13. The Kier molecular flexibility index (Phi) is 3.80. The number of rotatable bonds is 5. The van der Waals surface area contributed by atoms with Crippen molar-refractivity contribution in [3.63, 3.8) is 0 Å². The summed E-state index contributed by atoms with van der Waals surface area (Å²) in [5, 5.41) is 25.7. The van der Waals surface area contributed by atoms with E-state index in [1.807, 2.05) is 34.7 Å². The molecule has 0 aliphatic heterocycles. The van der Waals surface area contributed by atoms with Gasteiger partial charge in [0, 0.05) is 12.7 Å². The fourth-order valence-electron chi connectivity index (χ4n) is 2.67. The van der Waals surface area contributed by atoms with Crippen LogP contribution >= 0.6 is 0 Å². The summed E-state index contributed by atoms with van der Waals surface area (Å²) in [6.07, 6.45) is 0.796. The van der Waals surface area contributed by atoms with E-state index in [4.69, 9.17) is 0 Å². The molecule has 0 atom stereocenters. The molecule has 2 aromatic heterocycles. The molecule has 0 aromatic carbocycles. The van der Waals surface area contributed by atoms with Crippen LogP contribution in [0.5, 0.6) is 0 Å². The van der Waals surface area contributed by atoms with Gasteiger partial charge in [-0.25, -0.2) is 9.48 Å². The van der Waals surface area contributed by atoms with Crippen molar-refractivity contribution in [1.82, 2.24) is 30.0 Å². The summed E-state index contributed by atoms with van der Waals surface area (Å²) in [5.74, 6) is -0.482. The minimum atomic E-state index is -1.15. The maximum Gasteiger partial charge on any atom is 0.331 e. The number of tetrazole rings is 1. The Morgan fingerprint density at radius 1 is 1.29 bits per heavy atom. The van der Waals surface area contributed by atoms with Crippen molar-refractivity contribution < 1.29 is 9.90 Å². The number of hydrogen-bond donors (Lipinski definition) is 1. The van der Waals surface area contributed by atoms with E-state index in [9.17, 15) is 9.90 Å². The van der Waals surface area contributed by atoms with Crippen LogP contribution in [0.3, 0.4) is 0 Å². The van der Waals surface area contributed by atoms with Gasteiger partial charge in [-0.15, -0.1) is 5.10 Å². The summed E-state index contributed by atoms with van der Waals surface area (Å²) in [7, 11) is 1.84. The second kappa shape index (κ2) is 5.27. The molecule has 0 fully saturated rings. The summed E-state index contributed by atoms with van der Waals surface area (Å²) < 4.78 is 3.16. The van der Waals surface area contributed by atoms with Crippen molar-refractivity contribution in [3.8, 4) is 11.4 Å². The van der Waals surface area contributed by atoms with Crippen LogP contribution in [0.15, 0.2) is 0 Å². The monoisotopic (exact) mass is 292 g/mol. The van der Waals surface area contributed by atoms with Gasteiger partial charge in [0.25, 0.3) is 0 Å². The normalized spacial score (nSPS) is 11.9. The van der Waals surface area contributed by atoms with Crippen LogP contribution in [-0.4, -0.2) is 41.1 Å². The van der Waals surface area contributed by atoms with Gasteiger partial charge >= 0.3 is 5.97 Å². The van der Waals surface area contributed by atoms with Gasteiger partial charge in [0.2, 0.25) is 0 Å². The lowest BCUT2D eigenvalue weighted by Gasteiger charge is -2.27. The number of nitrogens with zero attached hydrogens (tertiary/aromatic N) is 6. The number of aryl methyl sites for hydroxylation is 2. The van der Waals surface area contributed by atoms with E-state index in [2.05, 4.69) is 20.6 Å². The van der Waals surface area contributed by atoms with E-state index in [-0.39, 0.29) is 0 Å². The first-order valence-electron chi connectivity index (χ1n) is 6.91. The highest BCUT2D eigenvalue weighted by atomic mass is 16.4. The average molecular weight is 292 g/mol. The number of hydrogen-bond acceptors (Lipinski definition) is 5. The van der Waals surface area contributed by atoms with Crippen LogP contribution in [0.4, 0.5) is 0 Å². The van der Waals surface area contributed by atoms with Crippen LogP contribution in [0.1, 0.15) is 38.1 Å². The molecule has 2 heterocycles. The van der Waals surface area contributed by atoms with Gasteiger partial charge in [-0.05, 0) is 37.1 Å². The topological polar surface area (TPSA) is 98.7 Å². The van der Waals surface area contributed by atoms with E-state index in [1.54, 1.807) is 4.68 Å². The molecule has 114 valence electrons. The van der Waals surface area contributed by atoms with Crippen molar-refractivity contribution >= 4 is 5.97 Å². The molecule has 2 rings (SSSR count). The van der Waals surface area contributed by atoms with Crippen molar-refractivity contribution in [3.05, 3.63) is 11.4 Å². The average Bonchev–Trinajstić information content (AvgIpc) is 2.98. The second-order valence-electron chi connectivity index (χ2n) is 5.13. The van der Waals surface area contributed by atoms with Gasteiger partial charge in [0.05, 0.1) is 11.3 Å². The van der Waals surface area contributed by atoms with Gasteiger partial charge in [0.15, 0.2) is 11.4 Å². The molecule has 0 amide bonds. The minimum Gasteiger partial charge on any atom is -0.479 e. The zero-order chi connectivity index (χ0) is 15.8. The number of aromatic nitrogens is 6. The molecular formula is C13H20N6O2. The van der Waals surface area contributed by atoms with Crippen LogP contribution in [-0.2, 0) is 17.4 Å². The molecule has 0 radical (unpaired) electrons. The molecule has 0 aliphatic rings.